The maximum absolute atomic E-state index is 15.1. The molecule has 6 heterocycles. The van der Waals surface area contributed by atoms with Gasteiger partial charge in [0.1, 0.15) is 36.5 Å². The van der Waals surface area contributed by atoms with Crippen molar-refractivity contribution >= 4 is 40.8 Å². The van der Waals surface area contributed by atoms with E-state index in [-0.39, 0.29) is 37.2 Å². The Morgan fingerprint density at radius 3 is 2.41 bits per heavy atom. The molecule has 0 aromatic carbocycles. The molecule has 0 radical (unpaired) electrons. The van der Waals surface area contributed by atoms with Gasteiger partial charge in [0.15, 0.2) is 28.9 Å². The number of pyridine rings is 1. The number of aliphatic hydroxyl groups excluding tert-OH is 1. The highest BCUT2D eigenvalue weighted by molar-refractivity contribution is 5.85. The summed E-state index contributed by atoms with van der Waals surface area (Å²) >= 11 is 0. The average Bonchev–Trinajstić information content (AvgIpc) is 3.86. The fraction of sp³-hybridized carbons (Fsp3) is 0.714. The van der Waals surface area contributed by atoms with Crippen molar-refractivity contribution in [3.8, 4) is 0 Å². The Morgan fingerprint density at radius 1 is 1.01 bits per heavy atom. The largest absolute Gasteiger partial charge is 0.461 e. The molecule has 0 aliphatic carbocycles. The molecule has 3 aliphatic heterocycles. The van der Waals surface area contributed by atoms with E-state index in [9.17, 15) is 19.5 Å². The van der Waals surface area contributed by atoms with Crippen molar-refractivity contribution < 1.29 is 52.7 Å². The first kappa shape index (κ1) is 53.5. The third-order valence-electron chi connectivity index (χ3n) is 14.6. The maximum atomic E-state index is 15.1. The minimum absolute atomic E-state index is 0.0899. The number of carbonyl (C=O) groups is 4. The number of methoxy groups -OCH3 is 1. The fourth-order valence-electron chi connectivity index (χ4n) is 10.7. The van der Waals surface area contributed by atoms with Crippen molar-refractivity contribution in [2.24, 2.45) is 23.7 Å². The van der Waals surface area contributed by atoms with Gasteiger partial charge in [0.05, 0.1) is 42.2 Å². The first-order valence-electron chi connectivity index (χ1n) is 24.4. The number of Topliss-reactive ketones (excluding diaryl/α,β-unsaturated/α-hetero) is 1. The quantitative estimate of drug-likeness (QED) is 0.123. The number of esters is 2. The maximum Gasteiger partial charge on any atom is 0.425 e. The van der Waals surface area contributed by atoms with Crippen molar-refractivity contribution in [2.45, 2.75) is 161 Å². The first-order chi connectivity index (χ1) is 32.7. The number of hydrogen-bond acceptors (Lipinski definition) is 18. The van der Waals surface area contributed by atoms with Crippen LogP contribution in [0.1, 0.15) is 93.7 Å². The molecule has 2 N–H and O–H groups in total. The van der Waals surface area contributed by atoms with E-state index in [0.717, 1.165) is 0 Å². The van der Waals surface area contributed by atoms with Gasteiger partial charge in [0.2, 0.25) is 0 Å². The molecule has 0 spiro atoms. The second kappa shape index (κ2) is 22.5. The van der Waals surface area contributed by atoms with Gasteiger partial charge in [-0.2, -0.15) is 0 Å². The third kappa shape index (κ3) is 11.4. The van der Waals surface area contributed by atoms with Crippen molar-refractivity contribution in [2.75, 3.05) is 46.2 Å². The number of aliphatic hydroxyl groups is 1. The van der Waals surface area contributed by atoms with Crippen LogP contribution in [0, 0.1) is 23.7 Å². The molecule has 69 heavy (non-hydrogen) atoms. The topological polar surface area (TPSA) is 222 Å². The number of imidazole rings is 1. The minimum atomic E-state index is -1.52. The number of fused-ring (bicyclic) bond motifs is 2. The number of hydrazine groups is 1. The van der Waals surface area contributed by atoms with Crippen molar-refractivity contribution in [3.05, 3.63) is 42.7 Å². The molecule has 3 aromatic rings. The first-order valence-corrected chi connectivity index (χ1v) is 24.4. The Hall–Kier alpha value is -4.86. The van der Waals surface area contributed by atoms with Gasteiger partial charge in [-0.1, -0.05) is 40.7 Å². The minimum Gasteiger partial charge on any atom is -0.461 e. The molecule has 6 rings (SSSR count). The molecule has 382 valence electrons. The average molecular weight is 966 g/mol. The number of rotatable bonds is 15. The van der Waals surface area contributed by atoms with Crippen LogP contribution in [0.4, 0.5) is 10.6 Å². The van der Waals surface area contributed by atoms with Gasteiger partial charge in [-0.05, 0) is 79.1 Å². The Labute approximate surface area is 406 Å². The van der Waals surface area contributed by atoms with Gasteiger partial charge in [0, 0.05) is 64.3 Å². The number of hydrogen-bond donors (Lipinski definition) is 2. The molecule has 20 heteroatoms. The van der Waals surface area contributed by atoms with Gasteiger partial charge in [-0.3, -0.25) is 19.4 Å². The molecule has 0 bridgehead atoms. The van der Waals surface area contributed by atoms with Crippen LogP contribution >= 0.6 is 0 Å². The number of aromatic nitrogens is 5. The summed E-state index contributed by atoms with van der Waals surface area (Å²) < 4.78 is 40.5. The lowest BCUT2D eigenvalue weighted by molar-refractivity contribution is -0.302. The smallest absolute Gasteiger partial charge is 0.425 e. The second-order valence-corrected chi connectivity index (χ2v) is 19.8. The zero-order valence-corrected chi connectivity index (χ0v) is 42.7. The van der Waals surface area contributed by atoms with E-state index >= 15 is 4.79 Å². The highest BCUT2D eigenvalue weighted by Crippen LogP contribution is 2.43. The van der Waals surface area contributed by atoms with Crippen LogP contribution in [-0.2, 0) is 55.8 Å². The number of carbonyl (C=O) groups excluding carboxylic acids is 4. The van der Waals surface area contributed by atoms with Crippen LogP contribution in [0.2, 0.25) is 0 Å². The Bertz CT molecular complexity index is 2230. The summed E-state index contributed by atoms with van der Waals surface area (Å²) in [6, 6.07) is 3.95. The number of anilines is 1. The highest BCUT2D eigenvalue weighted by Gasteiger charge is 2.61. The predicted molar refractivity (Wildman–Crippen MR) is 254 cm³/mol. The summed E-state index contributed by atoms with van der Waals surface area (Å²) in [6.07, 6.45) is -0.587. The van der Waals surface area contributed by atoms with Crippen molar-refractivity contribution in [1.29, 1.82) is 0 Å². The summed E-state index contributed by atoms with van der Waals surface area (Å²) in [7, 11) is 7.22. The number of ether oxygens (including phenoxy) is 6. The van der Waals surface area contributed by atoms with E-state index in [1.165, 1.54) is 18.4 Å². The third-order valence-corrected chi connectivity index (χ3v) is 14.6. The number of nitrogens with zero attached hydrogens (tertiary/aromatic N) is 8. The molecular formula is C49H75N9O11. The molecule has 3 aliphatic rings. The van der Waals surface area contributed by atoms with E-state index in [1.807, 2.05) is 70.1 Å². The molecule has 3 saturated heterocycles. The number of nitrogens with one attached hydrogen (secondary N) is 1. The molecule has 0 saturated carbocycles. The van der Waals surface area contributed by atoms with Gasteiger partial charge < -0.3 is 47.9 Å². The number of ketones is 1. The predicted octanol–water partition coefficient (Wildman–Crippen LogP) is 4.36. The fourth-order valence-corrected chi connectivity index (χ4v) is 10.7. The van der Waals surface area contributed by atoms with Crippen LogP contribution in [-0.4, -0.2) is 165 Å². The lowest BCUT2D eigenvalue weighted by atomic mass is 9.73. The van der Waals surface area contributed by atoms with E-state index in [2.05, 4.69) is 25.4 Å². The van der Waals surface area contributed by atoms with Gasteiger partial charge >= 0.3 is 18.0 Å². The summed E-state index contributed by atoms with van der Waals surface area (Å²) in [4.78, 5) is 79.5. The zero-order valence-electron chi connectivity index (χ0n) is 42.7. The normalized spacial score (nSPS) is 33.7. The second-order valence-electron chi connectivity index (χ2n) is 19.8. The van der Waals surface area contributed by atoms with Crippen LogP contribution in [0.15, 0.2) is 37.1 Å². The zero-order chi connectivity index (χ0) is 50.5. The van der Waals surface area contributed by atoms with Crippen molar-refractivity contribution in [1.82, 2.24) is 39.8 Å². The van der Waals surface area contributed by atoms with Crippen LogP contribution in [0.5, 0.6) is 0 Å². The molecule has 0 unspecified atom stereocenters. The lowest BCUT2D eigenvalue weighted by Gasteiger charge is -2.48. The Balaban J connectivity index is 1.36. The summed E-state index contributed by atoms with van der Waals surface area (Å²) in [5, 5.41) is 13.2. The SMILES string of the molecule is CC[C@H]1OC(=O)[C@H](C)[C@@H](OC(=O)Cc2ccccn2)[C@H](C)[C@@H](O[C@H]2O[C@@H](C)C[C@@H](N(C)CC)[C@@H]2O)[C@](C)(OC)C[C@@H](C)C(=O)[C@H](C)[C@H]2N(NCCCn3cnc4c(N(C)C)ncnc43)C(=O)O[C@]12C. The van der Waals surface area contributed by atoms with E-state index in [4.69, 9.17) is 28.4 Å². The van der Waals surface area contributed by atoms with Gasteiger partial charge in [0.25, 0.3) is 0 Å². The van der Waals surface area contributed by atoms with Crippen LogP contribution in [0.3, 0.4) is 0 Å². The molecule has 14 atom stereocenters. The van der Waals surface area contributed by atoms with Gasteiger partial charge in [-0.15, -0.1) is 0 Å². The molecule has 3 aromatic heterocycles. The van der Waals surface area contributed by atoms with Gasteiger partial charge in [-0.25, -0.2) is 30.2 Å². The van der Waals surface area contributed by atoms with E-state index in [0.29, 0.717) is 55.2 Å². The standard InChI is InChI=1S/C49H75N9O11/c1-14-35-49(9)41(58(47(63)69-49)54-21-18-22-57-27-53-37-43(55(10)11)51-26-52-44(37)57)30(5)38(60)28(3)25-48(8,64-13)42(68-46-39(61)34(56(12)15-2)23-29(4)65-46)31(6)40(32(7)45(62)66-35)67-36(59)24-33-19-16-17-20-50-33/h16-17,19-20,26-32,34-35,39-42,46,54,61H,14-15,18,21-25H2,1-13H3/t28-,29+,30+,31+,32-,34-,35-,39+,40+,41-,42-,46-,48-,49-/m1/s1. The Morgan fingerprint density at radius 2 is 1.75 bits per heavy atom. The monoisotopic (exact) mass is 966 g/mol. The molecular weight excluding hydrogens is 891 g/mol. The molecule has 20 nitrogen and oxygen atoms in total. The van der Waals surface area contributed by atoms with Crippen LogP contribution < -0.4 is 10.3 Å². The number of aryl methyl sites for hydroxylation is 1. The lowest BCUT2D eigenvalue weighted by Crippen LogP contribution is -2.62. The summed E-state index contributed by atoms with van der Waals surface area (Å²) in [5.41, 5.74) is 2.22. The highest BCUT2D eigenvalue weighted by atomic mass is 16.7. The van der Waals surface area contributed by atoms with E-state index in [1.54, 1.807) is 58.4 Å². The number of likely N-dealkylation sites (N-methyl/N-ethyl adjacent to an activating group) is 1. The number of amides is 1. The van der Waals surface area contributed by atoms with Crippen LogP contribution in [0.25, 0.3) is 11.2 Å². The summed E-state index contributed by atoms with van der Waals surface area (Å²) in [6.45, 7) is 17.7. The van der Waals surface area contributed by atoms with E-state index < -0.39 is 89.7 Å². The number of cyclic esters (lactones) is 1. The van der Waals surface area contributed by atoms with Crippen molar-refractivity contribution in [3.63, 3.8) is 0 Å². The summed E-state index contributed by atoms with van der Waals surface area (Å²) in [5.74, 6) is -4.40. The molecule has 1 amide bonds. The Kier molecular flexibility index (Phi) is 17.4. The molecule has 3 fully saturated rings.